The second-order valence-corrected chi connectivity index (χ2v) is 5.95. The second-order valence-electron chi connectivity index (χ2n) is 4.68. The Bertz CT molecular complexity index is 224. The molecule has 1 amide bonds. The molecule has 16 heavy (non-hydrogen) atoms. The SMILES string of the molecule is CCCC(CN)C(=O)NCC1(SC)CCC1. The van der Waals surface area contributed by atoms with Crippen LogP contribution in [-0.2, 0) is 4.79 Å². The smallest absolute Gasteiger partial charge is 0.224 e. The zero-order chi connectivity index (χ0) is 12.0. The van der Waals surface area contributed by atoms with Crippen LogP contribution >= 0.6 is 11.8 Å². The van der Waals surface area contributed by atoms with Gasteiger partial charge in [-0.15, -0.1) is 0 Å². The molecule has 4 heteroatoms. The Morgan fingerprint density at radius 1 is 1.56 bits per heavy atom. The standard InChI is InChI=1S/C12H24N2OS/c1-3-5-10(8-13)11(15)14-9-12(16-2)6-4-7-12/h10H,3-9,13H2,1-2H3,(H,14,15). The summed E-state index contributed by atoms with van der Waals surface area (Å²) in [6.45, 7) is 3.37. The summed E-state index contributed by atoms with van der Waals surface area (Å²) in [6.07, 6.45) is 7.81. The zero-order valence-corrected chi connectivity index (χ0v) is 11.2. The van der Waals surface area contributed by atoms with Gasteiger partial charge in [-0.2, -0.15) is 11.8 Å². The molecule has 1 atom stereocenters. The Balaban J connectivity index is 2.33. The third kappa shape index (κ3) is 3.39. The lowest BCUT2D eigenvalue weighted by Gasteiger charge is -2.40. The van der Waals surface area contributed by atoms with E-state index in [9.17, 15) is 4.79 Å². The molecule has 1 rings (SSSR count). The Labute approximate surface area is 103 Å². The van der Waals surface area contributed by atoms with Crippen LogP contribution in [0.5, 0.6) is 0 Å². The van der Waals surface area contributed by atoms with Gasteiger partial charge in [-0.3, -0.25) is 4.79 Å². The van der Waals surface area contributed by atoms with E-state index >= 15 is 0 Å². The summed E-state index contributed by atoms with van der Waals surface area (Å²) < 4.78 is 0.320. The Morgan fingerprint density at radius 2 is 2.25 bits per heavy atom. The van der Waals surface area contributed by atoms with E-state index in [2.05, 4.69) is 18.5 Å². The molecule has 0 aromatic heterocycles. The van der Waals surface area contributed by atoms with E-state index in [1.807, 2.05) is 11.8 Å². The summed E-state index contributed by atoms with van der Waals surface area (Å²) in [6, 6.07) is 0. The highest BCUT2D eigenvalue weighted by atomic mass is 32.2. The maximum absolute atomic E-state index is 11.9. The molecule has 3 N–H and O–H groups in total. The minimum atomic E-state index is 0.00369. The monoisotopic (exact) mass is 244 g/mol. The molecule has 1 unspecified atom stereocenters. The fourth-order valence-electron chi connectivity index (χ4n) is 2.12. The number of nitrogens with one attached hydrogen (secondary N) is 1. The molecule has 0 aromatic rings. The fraction of sp³-hybridized carbons (Fsp3) is 0.917. The summed E-state index contributed by atoms with van der Waals surface area (Å²) in [5.41, 5.74) is 5.61. The highest BCUT2D eigenvalue weighted by Gasteiger charge is 2.36. The first kappa shape index (κ1) is 13.8. The first-order chi connectivity index (χ1) is 7.67. The van der Waals surface area contributed by atoms with Crippen LogP contribution in [0, 0.1) is 5.92 Å². The number of carbonyl (C=O) groups excluding carboxylic acids is 1. The molecule has 1 aliphatic rings. The Kier molecular flexibility index (Phi) is 5.62. The van der Waals surface area contributed by atoms with Gasteiger partial charge in [0.25, 0.3) is 0 Å². The average Bonchev–Trinajstić information content (AvgIpc) is 2.24. The van der Waals surface area contributed by atoms with Gasteiger partial charge in [-0.25, -0.2) is 0 Å². The van der Waals surface area contributed by atoms with Gasteiger partial charge in [-0.05, 0) is 25.5 Å². The molecule has 3 nitrogen and oxygen atoms in total. The third-order valence-corrected chi connectivity index (χ3v) is 4.99. The number of carbonyl (C=O) groups is 1. The largest absolute Gasteiger partial charge is 0.354 e. The van der Waals surface area contributed by atoms with Crippen LogP contribution in [0.2, 0.25) is 0 Å². The predicted octanol–water partition coefficient (Wildman–Crippen LogP) is 1.76. The van der Waals surface area contributed by atoms with Gasteiger partial charge in [0.2, 0.25) is 5.91 Å². The molecule has 0 spiro atoms. The zero-order valence-electron chi connectivity index (χ0n) is 10.4. The van der Waals surface area contributed by atoms with E-state index in [0.717, 1.165) is 19.4 Å². The Morgan fingerprint density at radius 3 is 2.62 bits per heavy atom. The van der Waals surface area contributed by atoms with Crippen molar-refractivity contribution in [1.29, 1.82) is 0 Å². The maximum atomic E-state index is 11.9. The first-order valence-electron chi connectivity index (χ1n) is 6.20. The van der Waals surface area contributed by atoms with Crippen molar-refractivity contribution in [3.8, 4) is 0 Å². The van der Waals surface area contributed by atoms with Crippen LogP contribution in [0.25, 0.3) is 0 Å². The van der Waals surface area contributed by atoms with Crippen molar-refractivity contribution in [2.75, 3.05) is 19.3 Å². The van der Waals surface area contributed by atoms with Crippen molar-refractivity contribution in [2.24, 2.45) is 11.7 Å². The predicted molar refractivity (Wildman–Crippen MR) is 70.6 cm³/mol. The number of rotatable bonds is 7. The molecule has 94 valence electrons. The summed E-state index contributed by atoms with van der Waals surface area (Å²) >= 11 is 1.89. The summed E-state index contributed by atoms with van der Waals surface area (Å²) in [4.78, 5) is 11.9. The van der Waals surface area contributed by atoms with Crippen LogP contribution in [0.3, 0.4) is 0 Å². The van der Waals surface area contributed by atoms with Gasteiger partial charge in [0, 0.05) is 17.8 Å². The van der Waals surface area contributed by atoms with Crippen LogP contribution in [0.1, 0.15) is 39.0 Å². The van der Waals surface area contributed by atoms with E-state index < -0.39 is 0 Å². The molecule has 1 aliphatic carbocycles. The lowest BCUT2D eigenvalue weighted by molar-refractivity contribution is -0.125. The molecule has 0 aliphatic heterocycles. The van der Waals surface area contributed by atoms with E-state index in [0.29, 0.717) is 11.3 Å². The van der Waals surface area contributed by atoms with Crippen molar-refractivity contribution in [3.05, 3.63) is 0 Å². The van der Waals surface area contributed by atoms with Crippen molar-refractivity contribution in [2.45, 2.75) is 43.8 Å². The first-order valence-corrected chi connectivity index (χ1v) is 7.43. The van der Waals surface area contributed by atoms with E-state index in [4.69, 9.17) is 5.73 Å². The topological polar surface area (TPSA) is 55.1 Å². The van der Waals surface area contributed by atoms with Gasteiger partial charge in [-0.1, -0.05) is 19.8 Å². The number of hydrogen-bond donors (Lipinski definition) is 2. The molecular formula is C12H24N2OS. The van der Waals surface area contributed by atoms with Crippen LogP contribution in [0.4, 0.5) is 0 Å². The summed E-state index contributed by atoms with van der Waals surface area (Å²) in [7, 11) is 0. The number of nitrogens with two attached hydrogens (primary N) is 1. The fourth-order valence-corrected chi connectivity index (χ4v) is 3.03. The second kappa shape index (κ2) is 6.50. The van der Waals surface area contributed by atoms with Crippen molar-refractivity contribution in [3.63, 3.8) is 0 Å². The van der Waals surface area contributed by atoms with Gasteiger partial charge >= 0.3 is 0 Å². The minimum absolute atomic E-state index is 0.00369. The van der Waals surface area contributed by atoms with Gasteiger partial charge in [0.05, 0.1) is 5.92 Å². The number of amides is 1. The molecule has 0 heterocycles. The van der Waals surface area contributed by atoms with Crippen LogP contribution < -0.4 is 11.1 Å². The lowest BCUT2D eigenvalue weighted by atomic mass is 9.84. The normalized spacial score (nSPS) is 19.9. The van der Waals surface area contributed by atoms with Crippen molar-refractivity contribution >= 4 is 17.7 Å². The number of thioether (sulfide) groups is 1. The molecule has 0 aromatic carbocycles. The van der Waals surface area contributed by atoms with Crippen molar-refractivity contribution < 1.29 is 4.79 Å². The summed E-state index contributed by atoms with van der Waals surface area (Å²) in [5.74, 6) is 0.147. The highest BCUT2D eigenvalue weighted by molar-refractivity contribution is 8.00. The Hall–Kier alpha value is -0.220. The molecule has 1 fully saturated rings. The van der Waals surface area contributed by atoms with Gasteiger partial charge in [0.1, 0.15) is 0 Å². The van der Waals surface area contributed by atoms with Crippen molar-refractivity contribution in [1.82, 2.24) is 5.32 Å². The van der Waals surface area contributed by atoms with E-state index in [1.165, 1.54) is 19.3 Å². The molecule has 0 saturated heterocycles. The third-order valence-electron chi connectivity index (χ3n) is 3.58. The van der Waals surface area contributed by atoms with Crippen LogP contribution in [-0.4, -0.2) is 30.0 Å². The molecule has 0 bridgehead atoms. The summed E-state index contributed by atoms with van der Waals surface area (Å²) in [5, 5.41) is 3.07. The van der Waals surface area contributed by atoms with E-state index in [1.54, 1.807) is 0 Å². The molecule has 0 radical (unpaired) electrons. The quantitative estimate of drug-likeness (QED) is 0.717. The van der Waals surface area contributed by atoms with E-state index in [-0.39, 0.29) is 11.8 Å². The minimum Gasteiger partial charge on any atom is -0.354 e. The highest BCUT2D eigenvalue weighted by Crippen LogP contribution is 2.42. The average molecular weight is 244 g/mol. The maximum Gasteiger partial charge on any atom is 0.224 e. The van der Waals surface area contributed by atoms with Crippen LogP contribution in [0.15, 0.2) is 0 Å². The number of hydrogen-bond acceptors (Lipinski definition) is 3. The molecular weight excluding hydrogens is 220 g/mol. The molecule has 1 saturated carbocycles. The van der Waals surface area contributed by atoms with Gasteiger partial charge < -0.3 is 11.1 Å². The lowest BCUT2D eigenvalue weighted by Crippen LogP contribution is -2.47. The van der Waals surface area contributed by atoms with Gasteiger partial charge in [0.15, 0.2) is 0 Å².